The van der Waals surface area contributed by atoms with Crippen molar-refractivity contribution in [1.82, 2.24) is 4.90 Å². The molecule has 4 nitrogen and oxygen atoms in total. The van der Waals surface area contributed by atoms with Gasteiger partial charge in [0.25, 0.3) is 0 Å². The first-order valence-electron chi connectivity index (χ1n) is 7.15. The predicted molar refractivity (Wildman–Crippen MR) is 84.9 cm³/mol. The minimum atomic E-state index is 0.0218. The Kier molecular flexibility index (Phi) is 3.88. The zero-order valence-electron chi connectivity index (χ0n) is 11.9. The number of carbonyl (C=O) groups excluding carboxylic acids is 1. The van der Waals surface area contributed by atoms with Crippen LogP contribution in [0.4, 0.5) is 11.4 Å². The van der Waals surface area contributed by atoms with Crippen molar-refractivity contribution in [2.24, 2.45) is 0 Å². The van der Waals surface area contributed by atoms with Crippen LogP contribution in [0.5, 0.6) is 0 Å². The van der Waals surface area contributed by atoms with Gasteiger partial charge in [0.2, 0.25) is 5.91 Å². The molecule has 108 valence electrons. The van der Waals surface area contributed by atoms with E-state index >= 15 is 0 Å². The molecule has 21 heavy (non-hydrogen) atoms. The molecule has 0 fully saturated rings. The number of anilines is 2. The number of para-hydroxylation sites is 1. The normalized spacial score (nSPS) is 14.5. The first kappa shape index (κ1) is 13.6. The Labute approximate surface area is 124 Å². The van der Waals surface area contributed by atoms with E-state index in [-0.39, 0.29) is 5.91 Å². The fraction of sp³-hybridized carbons (Fsp3) is 0.235. The highest BCUT2D eigenvalue weighted by molar-refractivity contribution is 5.92. The highest BCUT2D eigenvalue weighted by Crippen LogP contribution is 2.21. The van der Waals surface area contributed by atoms with Gasteiger partial charge in [0.15, 0.2) is 0 Å². The molecule has 3 N–H and O–H groups in total. The summed E-state index contributed by atoms with van der Waals surface area (Å²) in [7, 11) is 0. The lowest BCUT2D eigenvalue weighted by molar-refractivity contribution is -0.117. The largest absolute Gasteiger partial charge is 0.399 e. The molecule has 0 bridgehead atoms. The lowest BCUT2D eigenvalue weighted by atomic mass is 9.99. The summed E-state index contributed by atoms with van der Waals surface area (Å²) in [6.07, 6.45) is 0.966. The zero-order valence-corrected chi connectivity index (χ0v) is 11.9. The van der Waals surface area contributed by atoms with Crippen LogP contribution in [0.1, 0.15) is 11.1 Å². The van der Waals surface area contributed by atoms with Crippen LogP contribution in [0.25, 0.3) is 0 Å². The van der Waals surface area contributed by atoms with Gasteiger partial charge < -0.3 is 11.1 Å². The van der Waals surface area contributed by atoms with Crippen LogP contribution >= 0.6 is 0 Å². The molecule has 0 atom stereocenters. The molecule has 1 amide bonds. The Bertz CT molecular complexity index is 640. The van der Waals surface area contributed by atoms with Gasteiger partial charge in [-0.1, -0.05) is 24.3 Å². The van der Waals surface area contributed by atoms with Crippen molar-refractivity contribution in [1.29, 1.82) is 0 Å². The topological polar surface area (TPSA) is 58.4 Å². The van der Waals surface area contributed by atoms with Crippen molar-refractivity contribution >= 4 is 17.3 Å². The quantitative estimate of drug-likeness (QED) is 0.849. The maximum absolute atomic E-state index is 12.1. The van der Waals surface area contributed by atoms with Gasteiger partial charge in [-0.05, 0) is 41.8 Å². The lowest BCUT2D eigenvalue weighted by Crippen LogP contribution is -2.37. The number of benzene rings is 2. The Hall–Kier alpha value is -2.33. The second kappa shape index (κ2) is 5.97. The van der Waals surface area contributed by atoms with E-state index in [0.29, 0.717) is 6.54 Å². The Morgan fingerprint density at radius 2 is 1.95 bits per heavy atom. The molecule has 3 rings (SSSR count). The number of hydrogen-bond acceptors (Lipinski definition) is 3. The molecule has 0 aliphatic carbocycles. The highest BCUT2D eigenvalue weighted by atomic mass is 16.2. The Balaban J connectivity index is 1.60. The lowest BCUT2D eigenvalue weighted by Gasteiger charge is -2.28. The third kappa shape index (κ3) is 3.41. The molecule has 2 aromatic rings. The van der Waals surface area contributed by atoms with Crippen molar-refractivity contribution in [3.8, 4) is 0 Å². The standard InChI is InChI=1S/C17H19N3O/c18-15-7-6-13-8-9-20(11-14(13)10-15)12-17(21)19-16-4-2-1-3-5-16/h1-7,10H,8-9,11-12,18H2,(H,19,21). The van der Waals surface area contributed by atoms with Crippen LogP contribution in [-0.4, -0.2) is 23.9 Å². The third-order valence-electron chi connectivity index (χ3n) is 3.75. The van der Waals surface area contributed by atoms with E-state index in [0.717, 1.165) is 30.9 Å². The van der Waals surface area contributed by atoms with Crippen LogP contribution < -0.4 is 11.1 Å². The van der Waals surface area contributed by atoms with E-state index in [1.165, 1.54) is 11.1 Å². The number of rotatable bonds is 3. The van der Waals surface area contributed by atoms with Crippen molar-refractivity contribution in [3.05, 3.63) is 59.7 Å². The third-order valence-corrected chi connectivity index (χ3v) is 3.75. The maximum Gasteiger partial charge on any atom is 0.238 e. The summed E-state index contributed by atoms with van der Waals surface area (Å²) in [6.45, 7) is 2.09. The molecule has 0 aromatic heterocycles. The van der Waals surface area contributed by atoms with Gasteiger partial charge in [-0.2, -0.15) is 0 Å². The predicted octanol–water partition coefficient (Wildman–Crippen LogP) is 2.27. The molecule has 4 heteroatoms. The molecule has 0 spiro atoms. The van der Waals surface area contributed by atoms with Gasteiger partial charge in [0.05, 0.1) is 6.54 Å². The summed E-state index contributed by atoms with van der Waals surface area (Å²) in [5.74, 6) is 0.0218. The van der Waals surface area contributed by atoms with Gasteiger partial charge >= 0.3 is 0 Å². The number of nitrogens with one attached hydrogen (secondary N) is 1. The minimum absolute atomic E-state index is 0.0218. The number of nitrogens with two attached hydrogens (primary N) is 1. The molecule has 0 radical (unpaired) electrons. The fourth-order valence-corrected chi connectivity index (χ4v) is 2.70. The molecule has 1 aliphatic heterocycles. The number of amides is 1. The van der Waals surface area contributed by atoms with Crippen LogP contribution in [0.2, 0.25) is 0 Å². The first-order valence-corrected chi connectivity index (χ1v) is 7.15. The second-order valence-corrected chi connectivity index (χ2v) is 5.40. The number of nitrogens with zero attached hydrogens (tertiary/aromatic N) is 1. The van der Waals surface area contributed by atoms with E-state index in [2.05, 4.69) is 16.3 Å². The van der Waals surface area contributed by atoms with Crippen molar-refractivity contribution in [3.63, 3.8) is 0 Å². The average Bonchev–Trinajstić information content (AvgIpc) is 2.47. The zero-order chi connectivity index (χ0) is 14.7. The number of fused-ring (bicyclic) bond motifs is 1. The van der Waals surface area contributed by atoms with Gasteiger partial charge in [-0.25, -0.2) is 0 Å². The number of carbonyl (C=O) groups is 1. The maximum atomic E-state index is 12.1. The minimum Gasteiger partial charge on any atom is -0.399 e. The van der Waals surface area contributed by atoms with E-state index < -0.39 is 0 Å². The SMILES string of the molecule is Nc1ccc2c(c1)CN(CC(=O)Nc1ccccc1)CC2. The van der Waals surface area contributed by atoms with Crippen LogP contribution in [0.15, 0.2) is 48.5 Å². The molecule has 1 heterocycles. The summed E-state index contributed by atoms with van der Waals surface area (Å²) in [4.78, 5) is 14.2. The fourth-order valence-electron chi connectivity index (χ4n) is 2.70. The molecule has 0 saturated carbocycles. The van der Waals surface area contributed by atoms with Gasteiger partial charge in [-0.3, -0.25) is 9.69 Å². The first-order chi connectivity index (χ1) is 10.2. The van der Waals surface area contributed by atoms with Crippen LogP contribution in [-0.2, 0) is 17.8 Å². The van der Waals surface area contributed by atoms with Crippen molar-refractivity contribution < 1.29 is 4.79 Å². The summed E-state index contributed by atoms with van der Waals surface area (Å²) in [5, 5.41) is 2.92. The average molecular weight is 281 g/mol. The number of nitrogen functional groups attached to an aromatic ring is 1. The van der Waals surface area contributed by atoms with E-state index in [1.807, 2.05) is 42.5 Å². The summed E-state index contributed by atoms with van der Waals surface area (Å²) in [5.41, 5.74) is 10.0. The smallest absolute Gasteiger partial charge is 0.238 e. The Morgan fingerprint density at radius 1 is 1.14 bits per heavy atom. The second-order valence-electron chi connectivity index (χ2n) is 5.40. The van der Waals surface area contributed by atoms with Crippen LogP contribution in [0.3, 0.4) is 0 Å². The monoisotopic (exact) mass is 281 g/mol. The summed E-state index contributed by atoms with van der Waals surface area (Å²) >= 11 is 0. The van der Waals surface area contributed by atoms with Crippen molar-refractivity contribution in [2.75, 3.05) is 24.1 Å². The molecule has 0 saturated heterocycles. The number of hydrogen-bond donors (Lipinski definition) is 2. The molecule has 2 aromatic carbocycles. The molecular weight excluding hydrogens is 262 g/mol. The van der Waals surface area contributed by atoms with Gasteiger partial charge in [0.1, 0.15) is 0 Å². The van der Waals surface area contributed by atoms with E-state index in [4.69, 9.17) is 5.73 Å². The van der Waals surface area contributed by atoms with Crippen molar-refractivity contribution in [2.45, 2.75) is 13.0 Å². The highest BCUT2D eigenvalue weighted by Gasteiger charge is 2.18. The summed E-state index contributed by atoms with van der Waals surface area (Å²) in [6, 6.07) is 15.6. The van der Waals surface area contributed by atoms with Gasteiger partial charge in [-0.15, -0.1) is 0 Å². The molecular formula is C17H19N3O. The molecule has 0 unspecified atom stereocenters. The Morgan fingerprint density at radius 3 is 2.76 bits per heavy atom. The van der Waals surface area contributed by atoms with E-state index in [9.17, 15) is 4.79 Å². The van der Waals surface area contributed by atoms with Crippen LogP contribution in [0, 0.1) is 0 Å². The van der Waals surface area contributed by atoms with Gasteiger partial charge in [0, 0.05) is 24.5 Å². The molecule has 1 aliphatic rings. The summed E-state index contributed by atoms with van der Waals surface area (Å²) < 4.78 is 0. The van der Waals surface area contributed by atoms with E-state index in [1.54, 1.807) is 0 Å².